The van der Waals surface area contributed by atoms with Crippen LogP contribution < -0.4 is 5.73 Å². The molecule has 1 unspecified atom stereocenters. The smallest absolute Gasteiger partial charge is 0.325 e. The van der Waals surface area contributed by atoms with Crippen LogP contribution >= 0.6 is 23.3 Å². The van der Waals surface area contributed by atoms with Gasteiger partial charge in [-0.2, -0.15) is 4.37 Å². The summed E-state index contributed by atoms with van der Waals surface area (Å²) >= 11 is 3.05. The highest BCUT2D eigenvalue weighted by atomic mass is 32.2. The third-order valence-corrected chi connectivity index (χ3v) is 4.33. The van der Waals surface area contributed by atoms with Gasteiger partial charge in [-0.25, -0.2) is 4.98 Å². The van der Waals surface area contributed by atoms with E-state index in [0.29, 0.717) is 13.0 Å². The normalized spacial score (nSPS) is 14.2. The summed E-state index contributed by atoms with van der Waals surface area (Å²) < 4.78 is 10.0. The molecule has 1 aromatic heterocycles. The van der Waals surface area contributed by atoms with E-state index in [0.717, 1.165) is 22.3 Å². The molecule has 0 radical (unpaired) electrons. The van der Waals surface area contributed by atoms with Gasteiger partial charge in [0.25, 0.3) is 0 Å². The van der Waals surface area contributed by atoms with E-state index in [9.17, 15) is 4.79 Å². The Morgan fingerprint density at radius 2 is 2.33 bits per heavy atom. The Balaban J connectivity index is 2.26. The van der Waals surface area contributed by atoms with Crippen LogP contribution in [0.2, 0.25) is 0 Å². The van der Waals surface area contributed by atoms with Crippen LogP contribution in [0.15, 0.2) is 4.34 Å². The molecule has 0 fully saturated rings. The molecular formula is C11H19N3O2S2. The highest BCUT2D eigenvalue weighted by Gasteiger charge is 2.29. The molecule has 7 heteroatoms. The number of carbonyl (C=O) groups excluding carboxylic acids is 1. The topological polar surface area (TPSA) is 78.1 Å². The molecule has 1 aromatic rings. The first-order valence-corrected chi connectivity index (χ1v) is 7.61. The number of nitrogens with zero attached hydrogens (tertiary/aromatic N) is 2. The van der Waals surface area contributed by atoms with E-state index in [1.165, 1.54) is 11.5 Å². The first-order chi connectivity index (χ1) is 8.45. The van der Waals surface area contributed by atoms with Crippen molar-refractivity contribution >= 4 is 29.3 Å². The number of esters is 1. The molecule has 0 aliphatic rings. The van der Waals surface area contributed by atoms with E-state index in [2.05, 4.69) is 9.36 Å². The Morgan fingerprint density at radius 1 is 1.61 bits per heavy atom. The standard InChI is InChI=1S/C11H19N3O2S2/c1-4-16-9(15)11(3,12)6-5-7-17-10-13-8(2)14-18-10/h4-7,12H2,1-3H3. The van der Waals surface area contributed by atoms with Crippen LogP contribution in [0, 0.1) is 6.92 Å². The first kappa shape index (κ1) is 15.4. The molecule has 1 rings (SSSR count). The van der Waals surface area contributed by atoms with E-state index < -0.39 is 5.54 Å². The van der Waals surface area contributed by atoms with Crippen molar-refractivity contribution < 1.29 is 9.53 Å². The van der Waals surface area contributed by atoms with E-state index >= 15 is 0 Å². The van der Waals surface area contributed by atoms with Crippen molar-refractivity contribution in [1.82, 2.24) is 9.36 Å². The lowest BCUT2D eigenvalue weighted by atomic mass is 9.98. The summed E-state index contributed by atoms with van der Waals surface area (Å²) in [5.74, 6) is 1.35. The van der Waals surface area contributed by atoms with Crippen molar-refractivity contribution in [1.29, 1.82) is 0 Å². The van der Waals surface area contributed by atoms with E-state index in [1.807, 2.05) is 6.92 Å². The molecular weight excluding hydrogens is 270 g/mol. The fourth-order valence-electron chi connectivity index (χ4n) is 1.33. The predicted molar refractivity (Wildman–Crippen MR) is 73.8 cm³/mol. The Hall–Kier alpha value is -0.660. The number of carbonyl (C=O) groups is 1. The summed E-state index contributed by atoms with van der Waals surface area (Å²) in [4.78, 5) is 15.8. The Labute approximate surface area is 116 Å². The molecule has 102 valence electrons. The molecule has 0 aromatic carbocycles. The molecule has 0 aliphatic carbocycles. The van der Waals surface area contributed by atoms with Crippen LogP contribution in [0.25, 0.3) is 0 Å². The van der Waals surface area contributed by atoms with Crippen LogP contribution in [0.3, 0.4) is 0 Å². The summed E-state index contributed by atoms with van der Waals surface area (Å²) in [6, 6.07) is 0. The molecule has 0 saturated carbocycles. The molecule has 0 bridgehead atoms. The van der Waals surface area contributed by atoms with Gasteiger partial charge < -0.3 is 10.5 Å². The monoisotopic (exact) mass is 289 g/mol. The minimum atomic E-state index is -0.895. The third-order valence-electron chi connectivity index (χ3n) is 2.32. The Kier molecular flexibility index (Phi) is 6.04. The van der Waals surface area contributed by atoms with Gasteiger partial charge >= 0.3 is 5.97 Å². The zero-order chi connectivity index (χ0) is 13.6. The number of ether oxygens (including phenoxy) is 1. The second kappa shape index (κ2) is 7.06. The minimum absolute atomic E-state index is 0.332. The fraction of sp³-hybridized carbons (Fsp3) is 0.727. The Bertz CT molecular complexity index is 393. The van der Waals surface area contributed by atoms with Gasteiger partial charge in [-0.05, 0) is 45.1 Å². The lowest BCUT2D eigenvalue weighted by Crippen LogP contribution is -2.46. The fourth-order valence-corrected chi connectivity index (χ4v) is 2.99. The van der Waals surface area contributed by atoms with Gasteiger partial charge in [-0.1, -0.05) is 11.8 Å². The highest BCUT2D eigenvalue weighted by Crippen LogP contribution is 2.22. The number of rotatable bonds is 7. The van der Waals surface area contributed by atoms with Crippen LogP contribution in [-0.2, 0) is 9.53 Å². The quantitative estimate of drug-likeness (QED) is 0.470. The van der Waals surface area contributed by atoms with Gasteiger partial charge in [0.2, 0.25) is 0 Å². The van der Waals surface area contributed by atoms with Crippen molar-refractivity contribution in [2.45, 2.75) is 43.5 Å². The van der Waals surface area contributed by atoms with Crippen LogP contribution in [0.1, 0.15) is 32.5 Å². The van der Waals surface area contributed by atoms with Crippen LogP contribution in [0.4, 0.5) is 0 Å². The average Bonchev–Trinajstić information content (AvgIpc) is 2.71. The zero-order valence-electron chi connectivity index (χ0n) is 10.9. The van der Waals surface area contributed by atoms with Gasteiger partial charge in [-0.15, -0.1) is 0 Å². The van der Waals surface area contributed by atoms with Gasteiger partial charge in [0.1, 0.15) is 11.4 Å². The second-order valence-corrected chi connectivity index (χ2v) is 6.29. The molecule has 1 atom stereocenters. The highest BCUT2D eigenvalue weighted by molar-refractivity contribution is 8.00. The second-order valence-electron chi connectivity index (χ2n) is 4.20. The third kappa shape index (κ3) is 4.91. The molecule has 2 N–H and O–H groups in total. The summed E-state index contributed by atoms with van der Waals surface area (Å²) in [5, 5.41) is 0. The van der Waals surface area contributed by atoms with E-state index in [-0.39, 0.29) is 5.97 Å². The predicted octanol–water partition coefficient (Wildman–Crippen LogP) is 2.00. The summed E-state index contributed by atoms with van der Waals surface area (Å²) in [6.07, 6.45) is 1.45. The Morgan fingerprint density at radius 3 is 2.89 bits per heavy atom. The number of aryl methyl sites for hydroxylation is 1. The summed E-state index contributed by atoms with van der Waals surface area (Å²) in [6.45, 7) is 5.73. The number of aromatic nitrogens is 2. The maximum Gasteiger partial charge on any atom is 0.325 e. The molecule has 1 heterocycles. The van der Waals surface area contributed by atoms with E-state index in [4.69, 9.17) is 10.5 Å². The van der Waals surface area contributed by atoms with E-state index in [1.54, 1.807) is 25.6 Å². The molecule has 18 heavy (non-hydrogen) atoms. The molecule has 0 saturated heterocycles. The molecule has 0 amide bonds. The van der Waals surface area contributed by atoms with Crippen molar-refractivity contribution in [2.24, 2.45) is 5.73 Å². The summed E-state index contributed by atoms with van der Waals surface area (Å²) in [7, 11) is 0. The van der Waals surface area contributed by atoms with Gasteiger partial charge in [0.05, 0.1) is 6.61 Å². The maximum atomic E-state index is 11.6. The maximum absolute atomic E-state index is 11.6. The SMILES string of the molecule is CCOC(=O)C(C)(N)CCCSc1nc(C)ns1. The molecule has 0 aliphatic heterocycles. The van der Waals surface area contributed by atoms with Crippen LogP contribution in [-0.4, -0.2) is 33.2 Å². The number of hydrogen-bond acceptors (Lipinski definition) is 7. The number of hydrogen-bond donors (Lipinski definition) is 1. The number of nitrogens with two attached hydrogens (primary N) is 1. The van der Waals surface area contributed by atoms with Crippen molar-refractivity contribution in [2.75, 3.05) is 12.4 Å². The van der Waals surface area contributed by atoms with Crippen molar-refractivity contribution in [3.8, 4) is 0 Å². The van der Waals surface area contributed by atoms with Crippen LogP contribution in [0.5, 0.6) is 0 Å². The van der Waals surface area contributed by atoms with Crippen molar-refractivity contribution in [3.05, 3.63) is 5.82 Å². The van der Waals surface area contributed by atoms with Gasteiger partial charge in [0, 0.05) is 5.75 Å². The van der Waals surface area contributed by atoms with Gasteiger partial charge in [0.15, 0.2) is 4.34 Å². The minimum Gasteiger partial charge on any atom is -0.465 e. The van der Waals surface area contributed by atoms with Crippen molar-refractivity contribution in [3.63, 3.8) is 0 Å². The average molecular weight is 289 g/mol. The zero-order valence-corrected chi connectivity index (χ0v) is 12.6. The largest absolute Gasteiger partial charge is 0.465 e. The molecule has 5 nitrogen and oxygen atoms in total. The van der Waals surface area contributed by atoms with Gasteiger partial charge in [-0.3, -0.25) is 4.79 Å². The lowest BCUT2D eigenvalue weighted by Gasteiger charge is -2.21. The first-order valence-electron chi connectivity index (χ1n) is 5.85. The number of thioether (sulfide) groups is 1. The summed E-state index contributed by atoms with van der Waals surface area (Å²) in [5.41, 5.74) is 5.03. The lowest BCUT2D eigenvalue weighted by molar-refractivity contribution is -0.149. The molecule has 0 spiro atoms.